The summed E-state index contributed by atoms with van der Waals surface area (Å²) >= 11 is 0. The molecule has 2 N–H and O–H groups in total. The number of aliphatic hydroxyl groups excluding tert-OH is 1. The Morgan fingerprint density at radius 1 is 1.33 bits per heavy atom. The van der Waals surface area contributed by atoms with Gasteiger partial charge in [0.05, 0.1) is 11.9 Å². The van der Waals surface area contributed by atoms with Crippen molar-refractivity contribution in [2.24, 2.45) is 5.92 Å². The number of halogens is 1. The van der Waals surface area contributed by atoms with E-state index >= 15 is 0 Å². The molecule has 1 aliphatic rings. The van der Waals surface area contributed by atoms with Crippen molar-refractivity contribution < 1.29 is 19.4 Å². The van der Waals surface area contributed by atoms with Gasteiger partial charge in [0.25, 0.3) is 5.91 Å². The molecule has 2 heterocycles. The van der Waals surface area contributed by atoms with Crippen LogP contribution in [0.4, 0.5) is 4.39 Å². The highest BCUT2D eigenvalue weighted by Crippen LogP contribution is 2.26. The molecule has 2 aromatic rings. The number of carbonyl (C=O) groups is 1. The lowest BCUT2D eigenvalue weighted by Gasteiger charge is -2.37. The van der Waals surface area contributed by atoms with Crippen LogP contribution in [0.3, 0.4) is 0 Å². The lowest BCUT2D eigenvalue weighted by Crippen LogP contribution is -2.46. The monoisotopic (exact) mass is 333 g/mol. The van der Waals surface area contributed by atoms with Crippen LogP contribution in [0.15, 0.2) is 30.5 Å². The van der Waals surface area contributed by atoms with Gasteiger partial charge in [-0.1, -0.05) is 0 Å². The molecule has 3 rings (SSSR count). The van der Waals surface area contributed by atoms with E-state index in [4.69, 9.17) is 0 Å². The molecule has 1 aromatic heterocycles. The van der Waals surface area contributed by atoms with Crippen LogP contribution in [0.25, 0.3) is 5.69 Å². The first-order valence-electron chi connectivity index (χ1n) is 7.96. The maximum atomic E-state index is 13.0. The second kappa shape index (κ2) is 6.60. The van der Waals surface area contributed by atoms with Crippen LogP contribution >= 0.6 is 0 Å². The van der Waals surface area contributed by atoms with Gasteiger partial charge in [0.1, 0.15) is 5.82 Å². The van der Waals surface area contributed by atoms with Gasteiger partial charge >= 0.3 is 0 Å². The van der Waals surface area contributed by atoms with Gasteiger partial charge in [-0.3, -0.25) is 4.79 Å². The minimum atomic E-state index is -0.372. The van der Waals surface area contributed by atoms with E-state index in [0.717, 1.165) is 12.8 Å². The van der Waals surface area contributed by atoms with Crippen LogP contribution in [0.5, 0.6) is 5.75 Å². The summed E-state index contributed by atoms with van der Waals surface area (Å²) in [6.45, 7) is 2.42. The first-order valence-corrected chi connectivity index (χ1v) is 7.96. The Kier molecular flexibility index (Phi) is 4.53. The predicted octanol–water partition coefficient (Wildman–Crippen LogP) is 1.95. The number of hydrogen-bond donors (Lipinski definition) is 2. The van der Waals surface area contributed by atoms with Crippen LogP contribution in [0, 0.1) is 11.7 Å². The third kappa shape index (κ3) is 3.12. The Labute approximate surface area is 139 Å². The zero-order chi connectivity index (χ0) is 17.3. The van der Waals surface area contributed by atoms with Crippen LogP contribution in [-0.4, -0.2) is 50.0 Å². The van der Waals surface area contributed by atoms with Crippen molar-refractivity contribution >= 4 is 5.91 Å². The number of rotatable bonds is 3. The van der Waals surface area contributed by atoms with Gasteiger partial charge < -0.3 is 15.1 Å². The molecule has 7 heteroatoms. The average Bonchev–Trinajstić information content (AvgIpc) is 2.97. The summed E-state index contributed by atoms with van der Waals surface area (Å²) in [5.41, 5.74) is 0.510. The Balaban J connectivity index is 1.86. The van der Waals surface area contributed by atoms with Crippen molar-refractivity contribution in [1.82, 2.24) is 14.7 Å². The van der Waals surface area contributed by atoms with Crippen LogP contribution in [0.1, 0.15) is 30.3 Å². The summed E-state index contributed by atoms with van der Waals surface area (Å²) in [5, 5.41) is 23.6. The zero-order valence-electron chi connectivity index (χ0n) is 13.4. The molecule has 1 aliphatic heterocycles. The molecule has 0 bridgehead atoms. The Morgan fingerprint density at radius 2 is 2.04 bits per heavy atom. The number of likely N-dealkylation sites (tertiary alicyclic amines) is 1. The average molecular weight is 333 g/mol. The zero-order valence-corrected chi connectivity index (χ0v) is 13.4. The smallest absolute Gasteiger partial charge is 0.278 e. The third-order valence-electron chi connectivity index (χ3n) is 4.49. The molecule has 1 fully saturated rings. The minimum Gasteiger partial charge on any atom is -0.504 e. The topological polar surface area (TPSA) is 78.6 Å². The van der Waals surface area contributed by atoms with E-state index in [1.54, 1.807) is 4.90 Å². The highest BCUT2D eigenvalue weighted by atomic mass is 19.1. The second-order valence-electron chi connectivity index (χ2n) is 6.22. The van der Waals surface area contributed by atoms with Crippen LogP contribution < -0.4 is 0 Å². The molecule has 0 radical (unpaired) electrons. The Bertz CT molecular complexity index is 729. The van der Waals surface area contributed by atoms with Gasteiger partial charge in [-0.25, -0.2) is 9.07 Å². The third-order valence-corrected chi connectivity index (χ3v) is 4.49. The number of aromatic hydroxyl groups is 1. The standard InChI is InChI=1S/C17H20FN3O3/c1-11-2-3-12(10-22)8-20(11)17(24)16-15(23)9-21(19-16)14-6-4-13(18)5-7-14/h4-7,9,11-12,22-23H,2-3,8,10H2,1H3. The van der Waals surface area contributed by atoms with Crippen molar-refractivity contribution in [3.8, 4) is 11.4 Å². The first-order chi connectivity index (χ1) is 11.5. The van der Waals surface area contributed by atoms with Gasteiger partial charge in [0.2, 0.25) is 0 Å². The van der Waals surface area contributed by atoms with Gasteiger partial charge in [-0.2, -0.15) is 5.10 Å². The number of carbonyl (C=O) groups excluding carboxylic acids is 1. The van der Waals surface area contributed by atoms with Crippen LogP contribution in [-0.2, 0) is 0 Å². The summed E-state index contributed by atoms with van der Waals surface area (Å²) in [5.74, 6) is -0.906. The highest BCUT2D eigenvalue weighted by molar-refractivity contribution is 5.95. The fraction of sp³-hybridized carbons (Fsp3) is 0.412. The highest BCUT2D eigenvalue weighted by Gasteiger charge is 2.32. The molecule has 1 saturated heterocycles. The fourth-order valence-electron chi connectivity index (χ4n) is 2.99. The summed E-state index contributed by atoms with van der Waals surface area (Å²) in [4.78, 5) is 14.4. The molecule has 6 nitrogen and oxygen atoms in total. The maximum absolute atomic E-state index is 13.0. The molecule has 1 aromatic carbocycles. The lowest BCUT2D eigenvalue weighted by molar-refractivity contribution is 0.0480. The van der Waals surface area contributed by atoms with E-state index in [9.17, 15) is 19.4 Å². The van der Waals surface area contributed by atoms with E-state index in [1.165, 1.54) is 35.1 Å². The summed E-state index contributed by atoms with van der Waals surface area (Å²) in [7, 11) is 0. The van der Waals surface area contributed by atoms with E-state index in [-0.39, 0.29) is 41.7 Å². The number of benzene rings is 1. The molecule has 128 valence electrons. The molecule has 2 atom stereocenters. The molecule has 1 amide bonds. The first kappa shape index (κ1) is 16.4. The molecule has 0 aliphatic carbocycles. The fourth-order valence-corrected chi connectivity index (χ4v) is 2.99. The van der Waals surface area contributed by atoms with Gasteiger partial charge in [0, 0.05) is 19.2 Å². The maximum Gasteiger partial charge on any atom is 0.278 e. The minimum absolute atomic E-state index is 0.0238. The quantitative estimate of drug-likeness (QED) is 0.900. The van der Waals surface area contributed by atoms with Crippen molar-refractivity contribution in [3.05, 3.63) is 42.0 Å². The van der Waals surface area contributed by atoms with E-state index in [0.29, 0.717) is 12.2 Å². The van der Waals surface area contributed by atoms with Crippen molar-refractivity contribution in [1.29, 1.82) is 0 Å². The van der Waals surface area contributed by atoms with Gasteiger partial charge in [0.15, 0.2) is 11.4 Å². The number of nitrogens with zero attached hydrogens (tertiary/aromatic N) is 3. The lowest BCUT2D eigenvalue weighted by atomic mass is 9.94. The van der Waals surface area contributed by atoms with Gasteiger partial charge in [-0.05, 0) is 49.9 Å². The molecular weight excluding hydrogens is 313 g/mol. The van der Waals surface area contributed by atoms with E-state index in [2.05, 4.69) is 5.10 Å². The number of aliphatic hydroxyl groups is 1. The molecular formula is C17H20FN3O3. The Morgan fingerprint density at radius 3 is 2.71 bits per heavy atom. The number of amides is 1. The van der Waals surface area contributed by atoms with E-state index < -0.39 is 0 Å². The molecule has 0 saturated carbocycles. The van der Waals surface area contributed by atoms with E-state index in [1.807, 2.05) is 6.92 Å². The van der Waals surface area contributed by atoms with Crippen molar-refractivity contribution in [2.75, 3.05) is 13.2 Å². The summed E-state index contributed by atoms with van der Waals surface area (Å²) < 4.78 is 14.4. The summed E-state index contributed by atoms with van der Waals surface area (Å²) in [6.07, 6.45) is 3.01. The van der Waals surface area contributed by atoms with Gasteiger partial charge in [-0.15, -0.1) is 0 Å². The molecule has 2 unspecified atom stereocenters. The number of aromatic nitrogens is 2. The van der Waals surface area contributed by atoms with Crippen molar-refractivity contribution in [2.45, 2.75) is 25.8 Å². The largest absolute Gasteiger partial charge is 0.504 e. The predicted molar refractivity (Wildman–Crippen MR) is 85.5 cm³/mol. The summed E-state index contributed by atoms with van der Waals surface area (Å²) in [6, 6.07) is 5.63. The SMILES string of the molecule is CC1CCC(CO)CN1C(=O)c1nn(-c2ccc(F)cc2)cc1O. The second-order valence-corrected chi connectivity index (χ2v) is 6.22. The van der Waals surface area contributed by atoms with Crippen molar-refractivity contribution in [3.63, 3.8) is 0 Å². The van der Waals surface area contributed by atoms with Crippen LogP contribution in [0.2, 0.25) is 0 Å². The molecule has 24 heavy (non-hydrogen) atoms. The Hall–Kier alpha value is -2.41. The molecule has 0 spiro atoms. The normalized spacial score (nSPS) is 21.0. The number of hydrogen-bond acceptors (Lipinski definition) is 4. The number of piperidine rings is 1.